The Morgan fingerprint density at radius 3 is 2.26 bits per heavy atom. The molecule has 0 unspecified atom stereocenters. The number of aromatic nitrogens is 3. The first kappa shape index (κ1) is 20.5. The van der Waals surface area contributed by atoms with Crippen molar-refractivity contribution in [2.45, 2.75) is 31.5 Å². The third-order valence-electron chi connectivity index (χ3n) is 3.47. The van der Waals surface area contributed by atoms with Gasteiger partial charge in [0.1, 0.15) is 0 Å². The zero-order chi connectivity index (χ0) is 17.3. The molecule has 1 aromatic rings. The van der Waals surface area contributed by atoms with Crippen LogP contribution in [0.5, 0.6) is 0 Å². The number of hydrogen-bond acceptors (Lipinski definition) is 8. The molecule has 23 heavy (non-hydrogen) atoms. The van der Waals surface area contributed by atoms with E-state index in [1.54, 1.807) is 33.1 Å². The van der Waals surface area contributed by atoms with Crippen molar-refractivity contribution in [3.63, 3.8) is 0 Å². The first-order chi connectivity index (χ1) is 11.0. The van der Waals surface area contributed by atoms with Crippen LogP contribution >= 0.6 is 24.0 Å². The summed E-state index contributed by atoms with van der Waals surface area (Å²) in [7, 11) is 2.39. The van der Waals surface area contributed by atoms with Gasteiger partial charge in [-0.2, -0.15) is 9.97 Å². The minimum absolute atomic E-state index is 0.457. The molecule has 132 valence electrons. The van der Waals surface area contributed by atoms with Crippen LogP contribution in [0.3, 0.4) is 0 Å². The molecule has 1 aromatic heterocycles. The monoisotopic (exact) mass is 378 g/mol. The van der Waals surface area contributed by atoms with Crippen molar-refractivity contribution in [2.75, 3.05) is 45.1 Å². The summed E-state index contributed by atoms with van der Waals surface area (Å²) in [4.78, 5) is 14.0. The maximum atomic E-state index is 5.41. The van der Waals surface area contributed by atoms with E-state index in [-0.39, 0.29) is 0 Å². The van der Waals surface area contributed by atoms with Crippen LogP contribution in [0.2, 0.25) is 6.04 Å². The van der Waals surface area contributed by atoms with Gasteiger partial charge in [-0.05, 0) is 32.5 Å². The third kappa shape index (κ3) is 6.12. The molecule has 0 atom stereocenters. The quantitative estimate of drug-likeness (QED) is 0.273. The van der Waals surface area contributed by atoms with Gasteiger partial charge in [-0.15, -0.1) is 0 Å². The normalized spacial score (nSPS) is 11.7. The van der Waals surface area contributed by atoms with Gasteiger partial charge < -0.3 is 23.2 Å². The maximum Gasteiger partial charge on any atom is 0.500 e. The summed E-state index contributed by atoms with van der Waals surface area (Å²) in [5, 5.41) is 0.690. The van der Waals surface area contributed by atoms with Crippen LogP contribution < -0.4 is 4.90 Å². The van der Waals surface area contributed by atoms with Crippen molar-refractivity contribution in [2.24, 2.45) is 0 Å². The first-order valence-electron chi connectivity index (χ1n) is 7.55. The largest absolute Gasteiger partial charge is 0.500 e. The lowest BCUT2D eigenvalue weighted by Gasteiger charge is -2.24. The number of hydrogen-bond donors (Lipinski definition) is 1. The average Bonchev–Trinajstić information content (AvgIpc) is 2.56. The fraction of sp³-hybridized carbons (Fsp3) is 0.769. The van der Waals surface area contributed by atoms with E-state index in [4.69, 9.17) is 25.5 Å². The first-order valence-corrected chi connectivity index (χ1v) is 10.9. The molecule has 1 heterocycles. The minimum atomic E-state index is -2.50. The minimum Gasteiger partial charge on any atom is -0.377 e. The molecule has 1 rings (SSSR count). The topological polar surface area (TPSA) is 72.5 Å². The van der Waals surface area contributed by atoms with E-state index in [9.17, 15) is 0 Å². The molecule has 0 spiro atoms. The van der Waals surface area contributed by atoms with E-state index in [1.165, 1.54) is 0 Å². The zero-order valence-electron chi connectivity index (χ0n) is 14.4. The summed E-state index contributed by atoms with van der Waals surface area (Å²) in [5.41, 5.74) is 0. The molecule has 0 aliphatic carbocycles. The molecule has 0 aliphatic heterocycles. The second-order valence-corrected chi connectivity index (χ2v) is 9.22. The van der Waals surface area contributed by atoms with Crippen molar-refractivity contribution in [3.05, 3.63) is 4.77 Å². The van der Waals surface area contributed by atoms with Gasteiger partial charge >= 0.3 is 8.80 Å². The van der Waals surface area contributed by atoms with Crippen LogP contribution in [0.4, 0.5) is 5.95 Å². The molecule has 10 heteroatoms. The Balaban J connectivity index is 2.63. The molecule has 0 saturated carbocycles. The van der Waals surface area contributed by atoms with Gasteiger partial charge in [-0.1, -0.05) is 11.8 Å². The molecule has 0 bridgehead atoms. The molecule has 7 nitrogen and oxygen atoms in total. The van der Waals surface area contributed by atoms with Gasteiger partial charge in [0.15, 0.2) is 5.16 Å². The predicted molar refractivity (Wildman–Crippen MR) is 97.7 cm³/mol. The Morgan fingerprint density at radius 1 is 1.13 bits per heavy atom. The van der Waals surface area contributed by atoms with Crippen molar-refractivity contribution in [1.29, 1.82) is 0 Å². The van der Waals surface area contributed by atoms with Crippen molar-refractivity contribution in [1.82, 2.24) is 15.0 Å². The Kier molecular flexibility index (Phi) is 9.25. The van der Waals surface area contributed by atoms with E-state index in [0.29, 0.717) is 9.93 Å². The number of anilines is 1. The molecule has 1 N–H and O–H groups in total. The molecule has 0 aliphatic rings. The number of nitrogens with one attached hydrogen (secondary N) is 1. The number of nitrogens with zero attached hydrogens (tertiary/aromatic N) is 3. The second-order valence-electron chi connectivity index (χ2n) is 4.68. The highest BCUT2D eigenvalue weighted by Gasteiger charge is 2.36. The van der Waals surface area contributed by atoms with Crippen LogP contribution in [0.15, 0.2) is 5.16 Å². The fourth-order valence-electron chi connectivity index (χ4n) is 2.10. The number of aromatic amines is 1. The standard InChI is InChI=1S/C13H26N4O3S2Si/c1-6-17(7-2)11-14-12(21)16-13(15-11)22-9-8-10-23(18-3,19-4)20-5/h6-10H2,1-5H3,(H,14,15,16,21). The SMILES string of the molecule is CCN(CC)c1nc(SCCC[Si](OC)(OC)OC)nc(=S)[nH]1. The van der Waals surface area contributed by atoms with E-state index >= 15 is 0 Å². The van der Waals surface area contributed by atoms with Crippen LogP contribution in [0, 0.1) is 4.77 Å². The summed E-state index contributed by atoms with van der Waals surface area (Å²) in [6.07, 6.45) is 0.891. The Labute approximate surface area is 148 Å². The summed E-state index contributed by atoms with van der Waals surface area (Å²) < 4.78 is 16.7. The van der Waals surface area contributed by atoms with Gasteiger partial charge in [-0.3, -0.25) is 0 Å². The highest BCUT2D eigenvalue weighted by Crippen LogP contribution is 2.21. The molecule has 0 saturated heterocycles. The average molecular weight is 379 g/mol. The van der Waals surface area contributed by atoms with E-state index in [1.807, 2.05) is 0 Å². The number of rotatable bonds is 11. The second kappa shape index (κ2) is 10.4. The lowest BCUT2D eigenvalue weighted by atomic mass is 10.5. The van der Waals surface area contributed by atoms with Crippen LogP contribution in [-0.4, -0.2) is 63.9 Å². The third-order valence-corrected chi connectivity index (χ3v) is 7.43. The van der Waals surface area contributed by atoms with Crippen molar-refractivity contribution >= 4 is 38.7 Å². The zero-order valence-corrected chi connectivity index (χ0v) is 17.1. The van der Waals surface area contributed by atoms with E-state index in [0.717, 1.165) is 37.3 Å². The van der Waals surface area contributed by atoms with Crippen LogP contribution in [-0.2, 0) is 13.3 Å². The summed E-state index contributed by atoms with van der Waals surface area (Å²) in [6.45, 7) is 5.90. The Hall–Kier alpha value is -0.523. The Bertz CT molecular complexity index is 516. The molecule has 0 amide bonds. The Morgan fingerprint density at radius 2 is 1.74 bits per heavy atom. The van der Waals surface area contributed by atoms with Gasteiger partial charge in [0.05, 0.1) is 0 Å². The molecular weight excluding hydrogens is 352 g/mol. The smallest absolute Gasteiger partial charge is 0.377 e. The summed E-state index contributed by atoms with van der Waals surface area (Å²) in [6, 6.07) is 0.756. The predicted octanol–water partition coefficient (Wildman–Crippen LogP) is 2.74. The fourth-order valence-corrected chi connectivity index (χ4v) is 5.09. The van der Waals surface area contributed by atoms with Gasteiger partial charge in [0.25, 0.3) is 0 Å². The molecular formula is C13H26N4O3S2Si. The van der Waals surface area contributed by atoms with Gasteiger partial charge in [-0.25, -0.2) is 0 Å². The van der Waals surface area contributed by atoms with E-state index in [2.05, 4.69) is 33.7 Å². The van der Waals surface area contributed by atoms with Crippen molar-refractivity contribution in [3.8, 4) is 0 Å². The van der Waals surface area contributed by atoms with Gasteiger partial charge in [0.2, 0.25) is 10.7 Å². The molecule has 0 aromatic carbocycles. The highest BCUT2D eigenvalue weighted by molar-refractivity contribution is 7.99. The highest BCUT2D eigenvalue weighted by atomic mass is 32.2. The summed E-state index contributed by atoms with van der Waals surface area (Å²) >= 11 is 6.78. The molecule has 0 radical (unpaired) electrons. The lowest BCUT2D eigenvalue weighted by Crippen LogP contribution is -2.42. The van der Waals surface area contributed by atoms with Crippen molar-refractivity contribution < 1.29 is 13.3 Å². The van der Waals surface area contributed by atoms with Gasteiger partial charge in [0, 0.05) is 46.2 Å². The summed E-state index contributed by atoms with van der Waals surface area (Å²) in [5.74, 6) is 1.62. The van der Waals surface area contributed by atoms with Crippen LogP contribution in [0.25, 0.3) is 0 Å². The lowest BCUT2D eigenvalue weighted by molar-refractivity contribution is 0.123. The molecule has 0 fully saturated rings. The maximum absolute atomic E-state index is 5.41. The van der Waals surface area contributed by atoms with E-state index < -0.39 is 8.80 Å². The van der Waals surface area contributed by atoms with Crippen LogP contribution in [0.1, 0.15) is 20.3 Å². The number of thioether (sulfide) groups is 1. The number of H-pyrrole nitrogens is 1.